The van der Waals surface area contributed by atoms with Crippen LogP contribution in [-0.2, 0) is 9.63 Å². The molecule has 15 heavy (non-hydrogen) atoms. The summed E-state index contributed by atoms with van der Waals surface area (Å²) in [5.41, 5.74) is 5.66. The van der Waals surface area contributed by atoms with E-state index in [9.17, 15) is 4.79 Å². The SMILES string of the molecule is CC(C)CC(CN)CC(=O)N1CCCO1. The smallest absolute Gasteiger partial charge is 0.246 e. The summed E-state index contributed by atoms with van der Waals surface area (Å²) >= 11 is 0. The van der Waals surface area contributed by atoms with Crippen molar-refractivity contribution in [2.24, 2.45) is 17.6 Å². The van der Waals surface area contributed by atoms with Gasteiger partial charge in [-0.1, -0.05) is 13.8 Å². The molecule has 0 aromatic heterocycles. The van der Waals surface area contributed by atoms with E-state index in [-0.39, 0.29) is 5.91 Å². The zero-order valence-corrected chi connectivity index (χ0v) is 9.74. The zero-order valence-electron chi connectivity index (χ0n) is 9.74. The van der Waals surface area contributed by atoms with Crippen molar-refractivity contribution in [3.05, 3.63) is 0 Å². The van der Waals surface area contributed by atoms with E-state index in [1.54, 1.807) is 0 Å². The molecule has 4 nitrogen and oxygen atoms in total. The summed E-state index contributed by atoms with van der Waals surface area (Å²) in [7, 11) is 0. The molecule has 1 unspecified atom stereocenters. The van der Waals surface area contributed by atoms with Gasteiger partial charge in [0.15, 0.2) is 0 Å². The third-order valence-electron chi connectivity index (χ3n) is 2.63. The minimum Gasteiger partial charge on any atom is -0.330 e. The quantitative estimate of drug-likeness (QED) is 0.747. The molecule has 1 rings (SSSR count). The average molecular weight is 214 g/mol. The minimum atomic E-state index is 0.0867. The van der Waals surface area contributed by atoms with Crippen LogP contribution in [0.2, 0.25) is 0 Å². The fourth-order valence-electron chi connectivity index (χ4n) is 1.92. The van der Waals surface area contributed by atoms with Crippen LogP contribution in [0, 0.1) is 11.8 Å². The molecule has 1 saturated heterocycles. The predicted octanol–water partition coefficient (Wildman–Crippen LogP) is 1.16. The summed E-state index contributed by atoms with van der Waals surface area (Å²) in [6.07, 6.45) is 2.48. The molecule has 0 bridgehead atoms. The molecule has 0 aromatic rings. The van der Waals surface area contributed by atoms with Crippen LogP contribution in [0.15, 0.2) is 0 Å². The summed E-state index contributed by atoms with van der Waals surface area (Å²) in [5.74, 6) is 0.969. The number of hydrogen-bond acceptors (Lipinski definition) is 3. The van der Waals surface area contributed by atoms with Gasteiger partial charge >= 0.3 is 0 Å². The van der Waals surface area contributed by atoms with E-state index in [2.05, 4.69) is 13.8 Å². The standard InChI is InChI=1S/C11H22N2O2/c1-9(2)6-10(8-12)7-11(14)13-4-3-5-15-13/h9-10H,3-8,12H2,1-2H3. The lowest BCUT2D eigenvalue weighted by Gasteiger charge is -2.20. The second kappa shape index (κ2) is 6.08. The van der Waals surface area contributed by atoms with Crippen LogP contribution in [0.1, 0.15) is 33.1 Å². The van der Waals surface area contributed by atoms with Crippen molar-refractivity contribution >= 4 is 5.91 Å². The van der Waals surface area contributed by atoms with Crippen molar-refractivity contribution in [2.45, 2.75) is 33.1 Å². The van der Waals surface area contributed by atoms with Gasteiger partial charge in [-0.05, 0) is 31.2 Å². The Morgan fingerprint density at radius 2 is 2.27 bits per heavy atom. The second-order valence-electron chi connectivity index (χ2n) is 4.62. The third-order valence-corrected chi connectivity index (χ3v) is 2.63. The van der Waals surface area contributed by atoms with E-state index < -0.39 is 0 Å². The van der Waals surface area contributed by atoms with Crippen molar-refractivity contribution < 1.29 is 9.63 Å². The Morgan fingerprint density at radius 3 is 2.73 bits per heavy atom. The lowest BCUT2D eigenvalue weighted by atomic mass is 9.94. The van der Waals surface area contributed by atoms with Crippen LogP contribution in [0.4, 0.5) is 0 Å². The minimum absolute atomic E-state index is 0.0867. The molecule has 0 aromatic carbocycles. The molecular formula is C11H22N2O2. The Bertz CT molecular complexity index is 201. The molecule has 0 radical (unpaired) electrons. The van der Waals surface area contributed by atoms with Gasteiger partial charge in [0, 0.05) is 6.42 Å². The topological polar surface area (TPSA) is 55.6 Å². The van der Waals surface area contributed by atoms with Crippen LogP contribution in [0.5, 0.6) is 0 Å². The highest BCUT2D eigenvalue weighted by atomic mass is 16.7. The van der Waals surface area contributed by atoms with E-state index in [1.807, 2.05) is 0 Å². The van der Waals surface area contributed by atoms with Crippen molar-refractivity contribution in [1.82, 2.24) is 5.06 Å². The number of carbonyl (C=O) groups excluding carboxylic acids is 1. The van der Waals surface area contributed by atoms with Gasteiger partial charge in [0.2, 0.25) is 5.91 Å². The van der Waals surface area contributed by atoms with Gasteiger partial charge in [-0.25, -0.2) is 5.06 Å². The van der Waals surface area contributed by atoms with E-state index in [4.69, 9.17) is 10.6 Å². The Morgan fingerprint density at radius 1 is 1.53 bits per heavy atom. The first kappa shape index (κ1) is 12.5. The molecule has 0 aliphatic carbocycles. The molecular weight excluding hydrogens is 192 g/mol. The summed E-state index contributed by atoms with van der Waals surface area (Å²) in [6.45, 7) is 6.29. The normalized spacial score (nSPS) is 18.5. The van der Waals surface area contributed by atoms with Crippen LogP contribution >= 0.6 is 0 Å². The first-order chi connectivity index (χ1) is 7.13. The highest BCUT2D eigenvalue weighted by molar-refractivity contribution is 5.75. The van der Waals surface area contributed by atoms with Crippen LogP contribution in [0.25, 0.3) is 0 Å². The molecule has 4 heteroatoms. The highest BCUT2D eigenvalue weighted by Gasteiger charge is 2.22. The maximum Gasteiger partial charge on any atom is 0.246 e. The van der Waals surface area contributed by atoms with Gasteiger partial charge in [0.05, 0.1) is 13.2 Å². The van der Waals surface area contributed by atoms with Crippen LogP contribution in [0.3, 0.4) is 0 Å². The van der Waals surface area contributed by atoms with E-state index in [0.29, 0.717) is 31.4 Å². The van der Waals surface area contributed by atoms with Crippen molar-refractivity contribution in [3.63, 3.8) is 0 Å². The van der Waals surface area contributed by atoms with E-state index in [0.717, 1.165) is 19.4 Å². The molecule has 88 valence electrons. The number of amides is 1. The van der Waals surface area contributed by atoms with Gasteiger partial charge < -0.3 is 5.73 Å². The number of hydroxylamine groups is 2. The Hall–Kier alpha value is -0.610. The molecule has 1 aliphatic heterocycles. The lowest BCUT2D eigenvalue weighted by Crippen LogP contribution is -2.30. The van der Waals surface area contributed by atoms with E-state index >= 15 is 0 Å². The molecule has 1 aliphatic rings. The third kappa shape index (κ3) is 4.18. The fraction of sp³-hybridized carbons (Fsp3) is 0.909. The van der Waals surface area contributed by atoms with Gasteiger partial charge in [-0.15, -0.1) is 0 Å². The van der Waals surface area contributed by atoms with Crippen molar-refractivity contribution in [2.75, 3.05) is 19.7 Å². The zero-order chi connectivity index (χ0) is 11.3. The summed E-state index contributed by atoms with van der Waals surface area (Å²) in [5, 5.41) is 1.49. The summed E-state index contributed by atoms with van der Waals surface area (Å²) in [4.78, 5) is 16.9. The first-order valence-electron chi connectivity index (χ1n) is 5.76. The Balaban J connectivity index is 2.33. The number of nitrogens with two attached hydrogens (primary N) is 1. The summed E-state index contributed by atoms with van der Waals surface area (Å²) < 4.78 is 0. The Kier molecular flexibility index (Phi) is 5.05. The largest absolute Gasteiger partial charge is 0.330 e. The maximum atomic E-state index is 11.7. The molecule has 0 spiro atoms. The van der Waals surface area contributed by atoms with Crippen molar-refractivity contribution in [1.29, 1.82) is 0 Å². The van der Waals surface area contributed by atoms with Gasteiger partial charge in [0.1, 0.15) is 0 Å². The summed E-state index contributed by atoms with van der Waals surface area (Å²) in [6, 6.07) is 0. The van der Waals surface area contributed by atoms with E-state index in [1.165, 1.54) is 5.06 Å². The lowest BCUT2D eigenvalue weighted by molar-refractivity contribution is -0.169. The average Bonchev–Trinajstić information content (AvgIpc) is 2.68. The van der Waals surface area contributed by atoms with Gasteiger partial charge in [0.25, 0.3) is 0 Å². The molecule has 1 atom stereocenters. The predicted molar refractivity (Wildman–Crippen MR) is 58.9 cm³/mol. The first-order valence-corrected chi connectivity index (χ1v) is 5.76. The number of hydrogen-bond donors (Lipinski definition) is 1. The Labute approximate surface area is 91.7 Å². The van der Waals surface area contributed by atoms with Gasteiger partial charge in [-0.2, -0.15) is 0 Å². The highest BCUT2D eigenvalue weighted by Crippen LogP contribution is 2.17. The van der Waals surface area contributed by atoms with Gasteiger partial charge in [-0.3, -0.25) is 9.63 Å². The maximum absolute atomic E-state index is 11.7. The van der Waals surface area contributed by atoms with Crippen LogP contribution < -0.4 is 5.73 Å². The number of nitrogens with zero attached hydrogens (tertiary/aromatic N) is 1. The number of rotatable bonds is 5. The number of carbonyl (C=O) groups is 1. The molecule has 1 amide bonds. The monoisotopic (exact) mass is 214 g/mol. The van der Waals surface area contributed by atoms with Crippen molar-refractivity contribution in [3.8, 4) is 0 Å². The molecule has 1 fully saturated rings. The molecule has 2 N–H and O–H groups in total. The fourth-order valence-corrected chi connectivity index (χ4v) is 1.92. The molecule has 0 saturated carbocycles. The van der Waals surface area contributed by atoms with Crippen LogP contribution in [-0.4, -0.2) is 30.7 Å². The second-order valence-corrected chi connectivity index (χ2v) is 4.62. The molecule has 1 heterocycles.